The highest BCUT2D eigenvalue weighted by Crippen LogP contribution is 2.72. The fraction of sp³-hybridized carbons (Fsp3) is 0.933. The summed E-state index contributed by atoms with van der Waals surface area (Å²) >= 11 is 0. The van der Waals surface area contributed by atoms with Crippen molar-refractivity contribution in [3.05, 3.63) is 0 Å². The number of ether oxygens (including phenoxy) is 1. The molecular formula is C15H20O2. The van der Waals surface area contributed by atoms with Gasteiger partial charge < -0.3 is 4.74 Å². The fourth-order valence-electron chi connectivity index (χ4n) is 6.79. The summed E-state index contributed by atoms with van der Waals surface area (Å²) in [5, 5.41) is 0. The summed E-state index contributed by atoms with van der Waals surface area (Å²) in [5.74, 6) is 5.98. The van der Waals surface area contributed by atoms with E-state index in [1.807, 2.05) is 0 Å². The maximum atomic E-state index is 12.3. The normalized spacial score (nSPS) is 62.9. The lowest BCUT2D eigenvalue weighted by Gasteiger charge is -2.42. The number of carbonyl (C=O) groups excluding carboxylic acids is 1. The Morgan fingerprint density at radius 2 is 1.88 bits per heavy atom. The smallest absolute Gasteiger partial charge is 0.167 e. The van der Waals surface area contributed by atoms with Crippen LogP contribution in [0.3, 0.4) is 0 Å². The van der Waals surface area contributed by atoms with Crippen LogP contribution in [0.15, 0.2) is 0 Å². The maximum Gasteiger partial charge on any atom is 0.167 e. The number of hydrogen-bond acceptors (Lipinski definition) is 2. The lowest BCUT2D eigenvalue weighted by Crippen LogP contribution is -2.44. The van der Waals surface area contributed by atoms with Crippen molar-refractivity contribution in [2.45, 2.75) is 32.1 Å². The number of Topliss-reactive ketones (excluding diaryl/α,β-unsaturated/α-hetero) is 1. The molecule has 1 heterocycles. The van der Waals surface area contributed by atoms with Gasteiger partial charge in [0, 0.05) is 0 Å². The molecule has 1 aliphatic heterocycles. The average molecular weight is 232 g/mol. The lowest BCUT2D eigenvalue weighted by atomic mass is 9.60. The number of hydrogen-bond donors (Lipinski definition) is 0. The van der Waals surface area contributed by atoms with E-state index in [-0.39, 0.29) is 5.41 Å². The molecule has 0 aromatic carbocycles. The molecule has 5 aliphatic rings. The second-order valence-electron chi connectivity index (χ2n) is 7.37. The van der Waals surface area contributed by atoms with E-state index in [0.717, 1.165) is 36.2 Å². The standard InChI is InChI=1S/C15H20O2/c16-12-6-17-7-15(12)5-10-4-11(15)14-9-2-1-8(3-9)13(10)14/h8-11,13-14H,1-7H2. The van der Waals surface area contributed by atoms with Gasteiger partial charge in [-0.25, -0.2) is 0 Å². The molecule has 2 heteroatoms. The second kappa shape index (κ2) is 2.79. The van der Waals surface area contributed by atoms with Gasteiger partial charge in [0.2, 0.25) is 0 Å². The highest BCUT2D eigenvalue weighted by molar-refractivity contribution is 5.88. The number of ketones is 1. The third kappa shape index (κ3) is 0.905. The van der Waals surface area contributed by atoms with Gasteiger partial charge in [-0.05, 0) is 67.6 Å². The van der Waals surface area contributed by atoms with Gasteiger partial charge in [-0.2, -0.15) is 0 Å². The van der Waals surface area contributed by atoms with Gasteiger partial charge in [0.1, 0.15) is 6.61 Å². The molecule has 0 N–H and O–H groups in total. The molecule has 0 amide bonds. The molecule has 2 nitrogen and oxygen atoms in total. The van der Waals surface area contributed by atoms with Crippen molar-refractivity contribution in [2.24, 2.45) is 40.9 Å². The van der Waals surface area contributed by atoms with Crippen molar-refractivity contribution >= 4 is 5.78 Å². The van der Waals surface area contributed by atoms with Crippen molar-refractivity contribution in [3.63, 3.8) is 0 Å². The summed E-state index contributed by atoms with van der Waals surface area (Å²) in [6.45, 7) is 1.17. The molecule has 5 fully saturated rings. The van der Waals surface area contributed by atoms with Crippen LogP contribution in [0.25, 0.3) is 0 Å². The Bertz CT molecular complexity index is 404. The Labute approximate surface area is 102 Å². The molecule has 7 atom stereocenters. The zero-order valence-electron chi connectivity index (χ0n) is 10.2. The molecule has 4 bridgehead atoms. The van der Waals surface area contributed by atoms with Gasteiger partial charge in [-0.15, -0.1) is 0 Å². The van der Waals surface area contributed by atoms with Gasteiger partial charge in [0.05, 0.1) is 12.0 Å². The highest BCUT2D eigenvalue weighted by atomic mass is 16.5. The summed E-state index contributed by atoms with van der Waals surface area (Å²) in [6, 6.07) is 0. The predicted octanol–water partition coefficient (Wildman–Crippen LogP) is 2.27. The van der Waals surface area contributed by atoms with Crippen LogP contribution in [0, 0.1) is 40.9 Å². The van der Waals surface area contributed by atoms with Crippen LogP contribution in [0.2, 0.25) is 0 Å². The topological polar surface area (TPSA) is 26.3 Å². The zero-order chi connectivity index (χ0) is 11.2. The predicted molar refractivity (Wildman–Crippen MR) is 62.3 cm³/mol. The largest absolute Gasteiger partial charge is 0.373 e. The van der Waals surface area contributed by atoms with E-state index >= 15 is 0 Å². The molecule has 1 spiro atoms. The Hall–Kier alpha value is -0.370. The van der Waals surface area contributed by atoms with Crippen LogP contribution in [0.5, 0.6) is 0 Å². The third-order valence-electron chi connectivity index (χ3n) is 7.10. The first-order valence-electron chi connectivity index (χ1n) is 7.41. The van der Waals surface area contributed by atoms with E-state index in [0.29, 0.717) is 18.3 Å². The highest BCUT2D eigenvalue weighted by Gasteiger charge is 2.69. The first-order valence-corrected chi connectivity index (χ1v) is 7.41. The van der Waals surface area contributed by atoms with Crippen molar-refractivity contribution < 1.29 is 9.53 Å². The van der Waals surface area contributed by atoms with Crippen LogP contribution >= 0.6 is 0 Å². The monoisotopic (exact) mass is 232 g/mol. The molecule has 5 rings (SSSR count). The minimum atomic E-state index is -0.00366. The molecule has 4 saturated carbocycles. The van der Waals surface area contributed by atoms with E-state index in [1.54, 1.807) is 0 Å². The molecule has 0 aromatic heterocycles. The van der Waals surface area contributed by atoms with Gasteiger partial charge in [-0.1, -0.05) is 0 Å². The number of rotatable bonds is 0. The van der Waals surface area contributed by atoms with Crippen LogP contribution in [0.4, 0.5) is 0 Å². The SMILES string of the molecule is O=C1COCC12CC1CC2C2C3CCC(C3)C12. The van der Waals surface area contributed by atoms with E-state index in [2.05, 4.69) is 0 Å². The molecule has 7 unspecified atom stereocenters. The summed E-state index contributed by atoms with van der Waals surface area (Å²) < 4.78 is 5.53. The Kier molecular flexibility index (Phi) is 1.57. The van der Waals surface area contributed by atoms with Crippen molar-refractivity contribution in [1.82, 2.24) is 0 Å². The summed E-state index contributed by atoms with van der Waals surface area (Å²) in [5.41, 5.74) is -0.00366. The van der Waals surface area contributed by atoms with Crippen LogP contribution in [-0.4, -0.2) is 19.0 Å². The van der Waals surface area contributed by atoms with Gasteiger partial charge in [0.25, 0.3) is 0 Å². The third-order valence-corrected chi connectivity index (χ3v) is 7.10. The minimum absolute atomic E-state index is 0.00366. The molecular weight excluding hydrogens is 212 g/mol. The first-order chi connectivity index (χ1) is 8.29. The molecule has 0 aromatic rings. The summed E-state index contributed by atoms with van der Waals surface area (Å²) in [6.07, 6.45) is 6.98. The summed E-state index contributed by atoms with van der Waals surface area (Å²) in [7, 11) is 0. The average Bonchev–Trinajstić information content (AvgIpc) is 3.07. The minimum Gasteiger partial charge on any atom is -0.373 e. The van der Waals surface area contributed by atoms with Gasteiger partial charge >= 0.3 is 0 Å². The number of fused-ring (bicyclic) bond motifs is 10. The zero-order valence-corrected chi connectivity index (χ0v) is 10.2. The number of carbonyl (C=O) groups is 1. The summed E-state index contributed by atoms with van der Waals surface area (Å²) in [4.78, 5) is 12.3. The van der Waals surface area contributed by atoms with E-state index < -0.39 is 0 Å². The fourth-order valence-corrected chi connectivity index (χ4v) is 6.79. The van der Waals surface area contributed by atoms with Crippen LogP contribution < -0.4 is 0 Å². The molecule has 17 heavy (non-hydrogen) atoms. The first kappa shape index (κ1) is 9.55. The Morgan fingerprint density at radius 1 is 1.06 bits per heavy atom. The molecule has 4 aliphatic carbocycles. The Balaban J connectivity index is 1.58. The van der Waals surface area contributed by atoms with Gasteiger partial charge in [-0.3, -0.25) is 4.79 Å². The van der Waals surface area contributed by atoms with E-state index in [4.69, 9.17) is 4.74 Å². The van der Waals surface area contributed by atoms with Crippen molar-refractivity contribution in [1.29, 1.82) is 0 Å². The Morgan fingerprint density at radius 3 is 2.65 bits per heavy atom. The molecule has 1 saturated heterocycles. The van der Waals surface area contributed by atoms with E-state index in [1.165, 1.54) is 32.1 Å². The quantitative estimate of drug-likeness (QED) is 0.599. The van der Waals surface area contributed by atoms with Gasteiger partial charge in [0.15, 0.2) is 5.78 Å². The van der Waals surface area contributed by atoms with Crippen molar-refractivity contribution in [2.75, 3.05) is 13.2 Å². The maximum absolute atomic E-state index is 12.3. The molecule has 0 radical (unpaired) electrons. The molecule has 92 valence electrons. The van der Waals surface area contributed by atoms with Crippen LogP contribution in [0.1, 0.15) is 32.1 Å². The lowest BCUT2D eigenvalue weighted by molar-refractivity contribution is -0.129. The van der Waals surface area contributed by atoms with Crippen molar-refractivity contribution in [3.8, 4) is 0 Å². The second-order valence-corrected chi connectivity index (χ2v) is 7.37. The van der Waals surface area contributed by atoms with E-state index in [9.17, 15) is 4.79 Å². The van der Waals surface area contributed by atoms with Crippen LogP contribution in [-0.2, 0) is 9.53 Å².